The maximum atomic E-state index is 11.2. The second kappa shape index (κ2) is 2.71. The van der Waals surface area contributed by atoms with Crippen molar-refractivity contribution in [1.82, 2.24) is 9.78 Å². The van der Waals surface area contributed by atoms with Gasteiger partial charge in [0.05, 0.1) is 25.5 Å². The standard InChI is InChI=1S/C8H10N2O2/c1-6-8(11)4-7-5-12-3-2-10(7)9-6/h4H,2-3,5H2,1H3. The van der Waals surface area contributed by atoms with Crippen molar-refractivity contribution in [1.29, 1.82) is 0 Å². The number of ether oxygens (including phenoxy) is 1. The molecule has 2 heterocycles. The number of hydrogen-bond acceptors (Lipinski definition) is 3. The van der Waals surface area contributed by atoms with E-state index in [1.165, 1.54) is 0 Å². The van der Waals surface area contributed by atoms with Gasteiger partial charge in [0.15, 0.2) is 0 Å². The molecule has 0 atom stereocenters. The molecule has 1 aliphatic heterocycles. The first-order chi connectivity index (χ1) is 5.77. The van der Waals surface area contributed by atoms with Gasteiger partial charge in [-0.05, 0) is 6.92 Å². The van der Waals surface area contributed by atoms with E-state index in [2.05, 4.69) is 5.10 Å². The third-order valence-corrected chi connectivity index (χ3v) is 1.95. The molecular weight excluding hydrogens is 156 g/mol. The van der Waals surface area contributed by atoms with Crippen LogP contribution in [0.4, 0.5) is 0 Å². The SMILES string of the molecule is Cc1nn2c(cc1=O)COCC2. The predicted molar refractivity (Wildman–Crippen MR) is 42.9 cm³/mol. The topological polar surface area (TPSA) is 44.1 Å². The molecule has 0 unspecified atom stereocenters. The highest BCUT2D eigenvalue weighted by Gasteiger charge is 2.09. The molecular formula is C8H10N2O2. The summed E-state index contributed by atoms with van der Waals surface area (Å²) in [6.45, 7) is 3.66. The first-order valence-corrected chi connectivity index (χ1v) is 3.93. The smallest absolute Gasteiger partial charge is 0.203 e. The summed E-state index contributed by atoms with van der Waals surface area (Å²) in [5.41, 5.74) is 1.42. The average molecular weight is 166 g/mol. The first-order valence-electron chi connectivity index (χ1n) is 3.93. The van der Waals surface area contributed by atoms with Gasteiger partial charge >= 0.3 is 0 Å². The van der Waals surface area contributed by atoms with Crippen molar-refractivity contribution in [3.05, 3.63) is 27.7 Å². The number of aryl methyl sites for hydroxylation is 1. The van der Waals surface area contributed by atoms with E-state index in [0.29, 0.717) is 18.9 Å². The van der Waals surface area contributed by atoms with Crippen LogP contribution in [0.2, 0.25) is 0 Å². The van der Waals surface area contributed by atoms with Gasteiger partial charge in [0.25, 0.3) is 0 Å². The van der Waals surface area contributed by atoms with Crippen LogP contribution in [0.15, 0.2) is 10.9 Å². The Balaban J connectivity index is 2.56. The summed E-state index contributed by atoms with van der Waals surface area (Å²) in [6, 6.07) is 1.60. The molecule has 1 aromatic heterocycles. The molecule has 0 aliphatic carbocycles. The van der Waals surface area contributed by atoms with Gasteiger partial charge in [-0.25, -0.2) is 0 Å². The van der Waals surface area contributed by atoms with Crippen LogP contribution in [0, 0.1) is 6.92 Å². The zero-order chi connectivity index (χ0) is 8.55. The normalized spacial score (nSPS) is 15.8. The lowest BCUT2D eigenvalue weighted by molar-refractivity contribution is 0.0774. The minimum atomic E-state index is -0.00764. The maximum Gasteiger partial charge on any atom is 0.203 e. The largest absolute Gasteiger partial charge is 0.373 e. The molecule has 12 heavy (non-hydrogen) atoms. The molecule has 4 heteroatoms. The summed E-state index contributed by atoms with van der Waals surface area (Å²) < 4.78 is 7.02. The van der Waals surface area contributed by atoms with Crippen LogP contribution in [0.25, 0.3) is 0 Å². The van der Waals surface area contributed by atoms with E-state index in [0.717, 1.165) is 12.2 Å². The molecule has 0 fully saturated rings. The molecule has 0 radical (unpaired) electrons. The van der Waals surface area contributed by atoms with Crippen molar-refractivity contribution in [2.45, 2.75) is 20.1 Å². The molecule has 1 aliphatic rings. The Morgan fingerprint density at radius 1 is 1.67 bits per heavy atom. The summed E-state index contributed by atoms with van der Waals surface area (Å²) >= 11 is 0. The first kappa shape index (κ1) is 7.49. The van der Waals surface area contributed by atoms with E-state index in [4.69, 9.17) is 4.74 Å². The summed E-state index contributed by atoms with van der Waals surface area (Å²) in [5.74, 6) is 0. The minimum Gasteiger partial charge on any atom is -0.373 e. The number of fused-ring (bicyclic) bond motifs is 1. The van der Waals surface area contributed by atoms with Gasteiger partial charge < -0.3 is 4.74 Å². The van der Waals surface area contributed by atoms with Crippen molar-refractivity contribution in [3.8, 4) is 0 Å². The second-order valence-electron chi connectivity index (χ2n) is 2.86. The van der Waals surface area contributed by atoms with E-state index in [-0.39, 0.29) is 5.43 Å². The third kappa shape index (κ3) is 1.14. The molecule has 2 rings (SSSR count). The molecule has 0 aromatic carbocycles. The molecule has 0 amide bonds. The highest BCUT2D eigenvalue weighted by molar-refractivity contribution is 5.07. The van der Waals surface area contributed by atoms with Crippen molar-refractivity contribution < 1.29 is 4.74 Å². The van der Waals surface area contributed by atoms with Gasteiger partial charge in [-0.3, -0.25) is 9.48 Å². The zero-order valence-corrected chi connectivity index (χ0v) is 6.91. The minimum absolute atomic E-state index is 0.00764. The Labute approximate surface area is 69.8 Å². The quantitative estimate of drug-likeness (QED) is 0.548. The molecule has 0 saturated carbocycles. The number of aromatic nitrogens is 2. The number of hydrogen-bond donors (Lipinski definition) is 0. The zero-order valence-electron chi connectivity index (χ0n) is 6.91. The van der Waals surface area contributed by atoms with Gasteiger partial charge in [-0.15, -0.1) is 0 Å². The van der Waals surface area contributed by atoms with E-state index in [1.54, 1.807) is 13.0 Å². The van der Waals surface area contributed by atoms with Gasteiger partial charge in [-0.2, -0.15) is 5.10 Å². The molecule has 0 bridgehead atoms. The molecule has 1 aromatic rings. The van der Waals surface area contributed by atoms with Crippen molar-refractivity contribution in [2.75, 3.05) is 6.61 Å². The highest BCUT2D eigenvalue weighted by Crippen LogP contribution is 2.04. The van der Waals surface area contributed by atoms with Crippen LogP contribution in [-0.4, -0.2) is 16.4 Å². The summed E-state index contributed by atoms with van der Waals surface area (Å²) in [6.07, 6.45) is 0. The van der Waals surface area contributed by atoms with Crippen molar-refractivity contribution >= 4 is 0 Å². The van der Waals surface area contributed by atoms with Crippen LogP contribution in [0.3, 0.4) is 0 Å². The van der Waals surface area contributed by atoms with Crippen LogP contribution in [0.5, 0.6) is 0 Å². The van der Waals surface area contributed by atoms with Gasteiger partial charge in [0.2, 0.25) is 5.43 Å². The number of nitrogens with zero attached hydrogens (tertiary/aromatic N) is 2. The van der Waals surface area contributed by atoms with Crippen LogP contribution in [-0.2, 0) is 17.9 Å². The predicted octanol–water partition coefficient (Wildman–Crippen LogP) is 0.0819. The Hall–Kier alpha value is -1.16. The van der Waals surface area contributed by atoms with Crippen LogP contribution >= 0.6 is 0 Å². The summed E-state index contributed by atoms with van der Waals surface area (Å²) in [5, 5.41) is 4.14. The Morgan fingerprint density at radius 3 is 3.33 bits per heavy atom. The lowest BCUT2D eigenvalue weighted by Gasteiger charge is -2.17. The van der Waals surface area contributed by atoms with E-state index < -0.39 is 0 Å². The summed E-state index contributed by atoms with van der Waals surface area (Å²) in [7, 11) is 0. The second-order valence-corrected chi connectivity index (χ2v) is 2.86. The fourth-order valence-corrected chi connectivity index (χ4v) is 1.26. The summed E-state index contributed by atoms with van der Waals surface area (Å²) in [4.78, 5) is 11.2. The Kier molecular flexibility index (Phi) is 1.69. The van der Waals surface area contributed by atoms with Crippen molar-refractivity contribution in [2.24, 2.45) is 0 Å². The van der Waals surface area contributed by atoms with Crippen LogP contribution in [0.1, 0.15) is 11.4 Å². The maximum absolute atomic E-state index is 11.2. The monoisotopic (exact) mass is 166 g/mol. The molecule has 0 N–H and O–H groups in total. The van der Waals surface area contributed by atoms with E-state index in [9.17, 15) is 4.79 Å². The fourth-order valence-electron chi connectivity index (χ4n) is 1.26. The lowest BCUT2D eigenvalue weighted by atomic mass is 10.3. The highest BCUT2D eigenvalue weighted by atomic mass is 16.5. The Bertz CT molecular complexity index is 357. The molecule has 0 spiro atoms. The van der Waals surface area contributed by atoms with Gasteiger partial charge in [-0.1, -0.05) is 0 Å². The lowest BCUT2D eigenvalue weighted by Crippen LogP contribution is -2.25. The van der Waals surface area contributed by atoms with E-state index in [1.807, 2.05) is 4.68 Å². The van der Waals surface area contributed by atoms with E-state index >= 15 is 0 Å². The average Bonchev–Trinajstić information content (AvgIpc) is 2.07. The Morgan fingerprint density at radius 2 is 2.50 bits per heavy atom. The van der Waals surface area contributed by atoms with Crippen molar-refractivity contribution in [3.63, 3.8) is 0 Å². The van der Waals surface area contributed by atoms with Gasteiger partial charge in [0.1, 0.15) is 5.69 Å². The van der Waals surface area contributed by atoms with Gasteiger partial charge in [0, 0.05) is 6.07 Å². The molecule has 0 saturated heterocycles. The fraction of sp³-hybridized carbons (Fsp3) is 0.500. The van der Waals surface area contributed by atoms with Crippen LogP contribution < -0.4 is 5.43 Å². The molecule has 64 valence electrons. The third-order valence-electron chi connectivity index (χ3n) is 1.95. The molecule has 4 nitrogen and oxygen atoms in total. The number of rotatable bonds is 0.